The SMILES string of the molecule is Cc1cccc(C(=O)O[C@H](C)C(=O)Nc2ccnn2C(C)C)c1. The number of ether oxygens (including phenoxy) is 1. The van der Waals surface area contributed by atoms with Crippen molar-refractivity contribution in [2.24, 2.45) is 0 Å². The number of aromatic nitrogens is 2. The van der Waals surface area contributed by atoms with Crippen LogP contribution in [0.1, 0.15) is 42.7 Å². The monoisotopic (exact) mass is 315 g/mol. The summed E-state index contributed by atoms with van der Waals surface area (Å²) in [6.45, 7) is 7.35. The van der Waals surface area contributed by atoms with Crippen LogP contribution >= 0.6 is 0 Å². The van der Waals surface area contributed by atoms with Gasteiger partial charge in [0.15, 0.2) is 6.10 Å². The van der Waals surface area contributed by atoms with Gasteiger partial charge < -0.3 is 10.1 Å². The third-order valence-electron chi connectivity index (χ3n) is 3.32. The van der Waals surface area contributed by atoms with Crippen molar-refractivity contribution in [3.8, 4) is 0 Å². The molecule has 6 nitrogen and oxygen atoms in total. The highest BCUT2D eigenvalue weighted by molar-refractivity contribution is 5.96. The maximum atomic E-state index is 12.2. The largest absolute Gasteiger partial charge is 0.449 e. The number of rotatable bonds is 5. The van der Waals surface area contributed by atoms with Gasteiger partial charge in [-0.2, -0.15) is 5.10 Å². The third-order valence-corrected chi connectivity index (χ3v) is 3.32. The van der Waals surface area contributed by atoms with Gasteiger partial charge in [-0.05, 0) is 39.8 Å². The van der Waals surface area contributed by atoms with Crippen LogP contribution in [0.4, 0.5) is 5.82 Å². The molecule has 1 N–H and O–H groups in total. The minimum atomic E-state index is -0.904. The first-order valence-electron chi connectivity index (χ1n) is 7.50. The first-order chi connectivity index (χ1) is 10.9. The summed E-state index contributed by atoms with van der Waals surface area (Å²) < 4.78 is 6.91. The molecule has 0 aliphatic heterocycles. The summed E-state index contributed by atoms with van der Waals surface area (Å²) in [5.41, 5.74) is 1.38. The summed E-state index contributed by atoms with van der Waals surface area (Å²) in [4.78, 5) is 24.3. The summed E-state index contributed by atoms with van der Waals surface area (Å²) >= 11 is 0. The fraction of sp³-hybridized carbons (Fsp3) is 0.353. The third kappa shape index (κ3) is 4.18. The Bertz CT molecular complexity index is 707. The Balaban J connectivity index is 2.00. The molecule has 0 fully saturated rings. The van der Waals surface area contributed by atoms with Crippen LogP contribution in [0.3, 0.4) is 0 Å². The number of hydrogen-bond donors (Lipinski definition) is 1. The maximum absolute atomic E-state index is 12.2. The number of nitrogens with zero attached hydrogens (tertiary/aromatic N) is 2. The number of anilines is 1. The molecule has 2 rings (SSSR count). The van der Waals surface area contributed by atoms with Gasteiger partial charge in [-0.3, -0.25) is 4.79 Å². The van der Waals surface area contributed by atoms with Crippen LogP contribution in [0.25, 0.3) is 0 Å². The standard InChI is InChI=1S/C17H21N3O3/c1-11(2)20-15(8-9-18-20)19-16(21)13(4)23-17(22)14-7-5-6-12(3)10-14/h5-11,13H,1-4H3,(H,19,21)/t13-/m1/s1. The maximum Gasteiger partial charge on any atom is 0.338 e. The lowest BCUT2D eigenvalue weighted by Gasteiger charge is -2.15. The van der Waals surface area contributed by atoms with Gasteiger partial charge in [-0.1, -0.05) is 17.7 Å². The van der Waals surface area contributed by atoms with Crippen molar-refractivity contribution in [1.29, 1.82) is 0 Å². The van der Waals surface area contributed by atoms with Gasteiger partial charge >= 0.3 is 5.97 Å². The fourth-order valence-corrected chi connectivity index (χ4v) is 2.11. The van der Waals surface area contributed by atoms with Crippen molar-refractivity contribution in [3.63, 3.8) is 0 Å². The molecule has 6 heteroatoms. The Morgan fingerprint density at radius 2 is 1.96 bits per heavy atom. The second kappa shape index (κ2) is 7.09. The highest BCUT2D eigenvalue weighted by Crippen LogP contribution is 2.14. The zero-order valence-corrected chi connectivity index (χ0v) is 13.7. The number of amides is 1. The molecule has 0 bridgehead atoms. The molecule has 0 saturated heterocycles. The molecule has 1 amide bonds. The van der Waals surface area contributed by atoms with Gasteiger partial charge in [0.05, 0.1) is 11.8 Å². The van der Waals surface area contributed by atoms with E-state index in [0.717, 1.165) is 5.56 Å². The van der Waals surface area contributed by atoms with E-state index in [4.69, 9.17) is 4.74 Å². The smallest absolute Gasteiger partial charge is 0.338 e. The molecule has 0 radical (unpaired) electrons. The Kier molecular flexibility index (Phi) is 5.16. The molecular formula is C17H21N3O3. The number of nitrogens with one attached hydrogen (secondary N) is 1. The Labute approximate surface area is 135 Å². The quantitative estimate of drug-likeness (QED) is 0.861. The van der Waals surface area contributed by atoms with Crippen molar-refractivity contribution in [3.05, 3.63) is 47.7 Å². The second-order valence-corrected chi connectivity index (χ2v) is 5.66. The number of aryl methyl sites for hydroxylation is 1. The molecule has 1 heterocycles. The second-order valence-electron chi connectivity index (χ2n) is 5.66. The molecule has 1 atom stereocenters. The van der Waals surface area contributed by atoms with Crippen LogP contribution in [0, 0.1) is 6.92 Å². The van der Waals surface area contributed by atoms with Crippen LogP contribution in [0.2, 0.25) is 0 Å². The Hall–Kier alpha value is -2.63. The summed E-state index contributed by atoms with van der Waals surface area (Å²) in [5.74, 6) is -0.342. The minimum Gasteiger partial charge on any atom is -0.449 e. The normalized spacial score (nSPS) is 12.0. The molecule has 2 aromatic rings. The zero-order valence-electron chi connectivity index (χ0n) is 13.7. The van der Waals surface area contributed by atoms with E-state index in [1.165, 1.54) is 0 Å². The van der Waals surface area contributed by atoms with Crippen LogP contribution in [-0.2, 0) is 9.53 Å². The van der Waals surface area contributed by atoms with Gasteiger partial charge in [0, 0.05) is 12.1 Å². The van der Waals surface area contributed by atoms with Gasteiger partial charge in [0.25, 0.3) is 5.91 Å². The minimum absolute atomic E-state index is 0.116. The van der Waals surface area contributed by atoms with E-state index in [9.17, 15) is 9.59 Å². The summed E-state index contributed by atoms with van der Waals surface area (Å²) in [6, 6.07) is 8.87. The number of esters is 1. The van der Waals surface area contributed by atoms with E-state index in [1.807, 2.05) is 26.8 Å². The van der Waals surface area contributed by atoms with Crippen LogP contribution in [0.15, 0.2) is 36.5 Å². The van der Waals surface area contributed by atoms with Crippen LogP contribution in [-0.4, -0.2) is 27.8 Å². The molecule has 1 aromatic heterocycles. The van der Waals surface area contributed by atoms with Crippen molar-refractivity contribution < 1.29 is 14.3 Å². The van der Waals surface area contributed by atoms with E-state index < -0.39 is 18.0 Å². The molecule has 122 valence electrons. The molecule has 0 aliphatic rings. The molecule has 0 saturated carbocycles. The van der Waals surface area contributed by atoms with Gasteiger partial charge in [-0.25, -0.2) is 9.48 Å². The molecular weight excluding hydrogens is 294 g/mol. The van der Waals surface area contributed by atoms with Crippen molar-refractivity contribution >= 4 is 17.7 Å². The summed E-state index contributed by atoms with van der Waals surface area (Å²) in [5, 5.41) is 6.86. The highest BCUT2D eigenvalue weighted by Gasteiger charge is 2.20. The van der Waals surface area contributed by atoms with Crippen LogP contribution < -0.4 is 5.32 Å². The number of carbonyl (C=O) groups excluding carboxylic acids is 2. The fourth-order valence-electron chi connectivity index (χ4n) is 2.11. The van der Waals surface area contributed by atoms with E-state index in [2.05, 4.69) is 10.4 Å². The lowest BCUT2D eigenvalue weighted by molar-refractivity contribution is -0.123. The Morgan fingerprint density at radius 1 is 1.22 bits per heavy atom. The molecule has 0 unspecified atom stereocenters. The zero-order chi connectivity index (χ0) is 17.0. The van der Waals surface area contributed by atoms with Gasteiger partial charge in [0.1, 0.15) is 5.82 Å². The lowest BCUT2D eigenvalue weighted by atomic mass is 10.1. The first-order valence-corrected chi connectivity index (χ1v) is 7.50. The van der Waals surface area contributed by atoms with Crippen molar-refractivity contribution in [2.75, 3.05) is 5.32 Å². The van der Waals surface area contributed by atoms with Crippen molar-refractivity contribution in [1.82, 2.24) is 9.78 Å². The van der Waals surface area contributed by atoms with Gasteiger partial charge in [-0.15, -0.1) is 0 Å². The lowest BCUT2D eigenvalue weighted by Crippen LogP contribution is -2.31. The molecule has 23 heavy (non-hydrogen) atoms. The predicted molar refractivity (Wildman–Crippen MR) is 87.3 cm³/mol. The molecule has 1 aromatic carbocycles. The average molecular weight is 315 g/mol. The topological polar surface area (TPSA) is 73.2 Å². The van der Waals surface area contributed by atoms with E-state index >= 15 is 0 Å². The van der Waals surface area contributed by atoms with E-state index in [0.29, 0.717) is 11.4 Å². The average Bonchev–Trinajstić information content (AvgIpc) is 2.95. The highest BCUT2D eigenvalue weighted by atomic mass is 16.5. The first kappa shape index (κ1) is 16.7. The predicted octanol–water partition coefficient (Wildman–Crippen LogP) is 2.96. The Morgan fingerprint density at radius 3 is 2.61 bits per heavy atom. The van der Waals surface area contributed by atoms with E-state index in [-0.39, 0.29) is 6.04 Å². The van der Waals surface area contributed by atoms with E-state index in [1.54, 1.807) is 42.1 Å². The number of benzene rings is 1. The molecule has 0 aliphatic carbocycles. The molecule has 0 spiro atoms. The number of hydrogen-bond acceptors (Lipinski definition) is 4. The summed E-state index contributed by atoms with van der Waals surface area (Å²) in [6.07, 6.45) is 0.706. The summed E-state index contributed by atoms with van der Waals surface area (Å²) in [7, 11) is 0. The van der Waals surface area contributed by atoms with Crippen molar-refractivity contribution in [2.45, 2.75) is 39.8 Å². The van der Waals surface area contributed by atoms with Gasteiger partial charge in [0.2, 0.25) is 0 Å². The van der Waals surface area contributed by atoms with Crippen LogP contribution in [0.5, 0.6) is 0 Å². The number of carbonyl (C=O) groups is 2.